The Kier molecular flexibility index (Phi) is 7.38. The van der Waals surface area contributed by atoms with E-state index in [0.717, 1.165) is 29.2 Å². The summed E-state index contributed by atoms with van der Waals surface area (Å²) in [5.74, 6) is -2.69. The number of carbonyl (C=O) groups is 3. The number of rotatable bonds is 9. The van der Waals surface area contributed by atoms with E-state index >= 15 is 0 Å². The van der Waals surface area contributed by atoms with Crippen molar-refractivity contribution >= 4 is 18.0 Å². The van der Waals surface area contributed by atoms with Gasteiger partial charge in [0.2, 0.25) is 5.91 Å². The molecule has 2 aromatic rings. The van der Waals surface area contributed by atoms with Crippen LogP contribution in [0.4, 0.5) is 4.79 Å². The van der Waals surface area contributed by atoms with Crippen molar-refractivity contribution in [1.82, 2.24) is 10.6 Å². The average Bonchev–Trinajstić information content (AvgIpc) is 3.10. The smallest absolute Gasteiger partial charge is 0.407 e. The van der Waals surface area contributed by atoms with Crippen LogP contribution in [0.1, 0.15) is 37.8 Å². The van der Waals surface area contributed by atoms with Gasteiger partial charge in [0.1, 0.15) is 6.61 Å². The number of ether oxygens (including phenoxy) is 1. The van der Waals surface area contributed by atoms with Crippen LogP contribution in [-0.4, -0.2) is 53.5 Å². The number of benzene rings is 2. The molecule has 0 radical (unpaired) electrons. The van der Waals surface area contributed by atoms with Crippen LogP contribution in [0.5, 0.6) is 0 Å². The summed E-state index contributed by atoms with van der Waals surface area (Å²) in [5, 5.41) is 23.8. The van der Waals surface area contributed by atoms with Gasteiger partial charge in [-0.2, -0.15) is 0 Å². The zero-order valence-corrected chi connectivity index (χ0v) is 19.0. The van der Waals surface area contributed by atoms with Crippen molar-refractivity contribution in [2.24, 2.45) is 11.8 Å². The molecule has 1 aliphatic rings. The summed E-state index contributed by atoms with van der Waals surface area (Å²) in [5.41, 5.74) is 2.41. The molecule has 8 nitrogen and oxygen atoms in total. The fourth-order valence-corrected chi connectivity index (χ4v) is 3.94. The van der Waals surface area contributed by atoms with Crippen LogP contribution in [0.3, 0.4) is 0 Å². The molecule has 2 atom stereocenters. The zero-order chi connectivity index (χ0) is 24.2. The van der Waals surface area contributed by atoms with E-state index in [9.17, 15) is 19.5 Å². The molecule has 2 aromatic carbocycles. The van der Waals surface area contributed by atoms with E-state index in [1.807, 2.05) is 50.2 Å². The van der Waals surface area contributed by atoms with E-state index in [-0.39, 0.29) is 25.0 Å². The molecule has 2 amide bonds. The molecule has 2 unspecified atom stereocenters. The van der Waals surface area contributed by atoms with Crippen molar-refractivity contribution < 1.29 is 29.3 Å². The molecule has 8 heteroatoms. The van der Waals surface area contributed by atoms with Crippen LogP contribution >= 0.6 is 0 Å². The summed E-state index contributed by atoms with van der Waals surface area (Å²) in [6, 6.07) is 16.1. The number of hydrogen-bond acceptors (Lipinski definition) is 5. The van der Waals surface area contributed by atoms with Crippen molar-refractivity contribution in [3.63, 3.8) is 0 Å². The maximum absolute atomic E-state index is 12.5. The second-order valence-electron chi connectivity index (χ2n) is 8.85. The molecule has 0 saturated heterocycles. The predicted molar refractivity (Wildman–Crippen MR) is 123 cm³/mol. The van der Waals surface area contributed by atoms with Crippen molar-refractivity contribution in [3.05, 3.63) is 59.7 Å². The van der Waals surface area contributed by atoms with Gasteiger partial charge in [0.05, 0.1) is 12.5 Å². The van der Waals surface area contributed by atoms with Crippen LogP contribution in [0.2, 0.25) is 0 Å². The number of fused-ring (bicyclic) bond motifs is 3. The standard InChI is InChI=1S/C25H30N2O6/c1-15(2)20(22(28)27-14-25(3,32)23(29)30)12-26-24(31)33-13-21-18-10-6-4-8-16(18)17-9-5-7-11-19(17)21/h4-11,15,20-21,32H,12-14H2,1-3H3,(H,26,31)(H,27,28)(H,29,30). The Hall–Kier alpha value is -3.39. The maximum atomic E-state index is 12.5. The van der Waals surface area contributed by atoms with Gasteiger partial charge in [0.15, 0.2) is 5.60 Å². The van der Waals surface area contributed by atoms with Gasteiger partial charge in [0, 0.05) is 12.5 Å². The molecule has 0 aliphatic heterocycles. The van der Waals surface area contributed by atoms with Gasteiger partial charge in [-0.15, -0.1) is 0 Å². The Bertz CT molecular complexity index is 988. The summed E-state index contributed by atoms with van der Waals surface area (Å²) in [6.07, 6.45) is -0.632. The molecule has 33 heavy (non-hydrogen) atoms. The normalized spacial score (nSPS) is 15.2. The Morgan fingerprint density at radius 3 is 2.06 bits per heavy atom. The monoisotopic (exact) mass is 454 g/mol. The molecule has 0 bridgehead atoms. The van der Waals surface area contributed by atoms with Gasteiger partial charge in [-0.25, -0.2) is 9.59 Å². The van der Waals surface area contributed by atoms with E-state index in [4.69, 9.17) is 9.84 Å². The first kappa shape index (κ1) is 24.3. The Labute approximate surface area is 193 Å². The maximum Gasteiger partial charge on any atom is 0.407 e. The molecular weight excluding hydrogens is 424 g/mol. The number of alkyl carbamates (subject to hydrolysis) is 1. The van der Waals surface area contributed by atoms with Gasteiger partial charge < -0.3 is 25.6 Å². The number of carbonyl (C=O) groups excluding carboxylic acids is 2. The molecule has 176 valence electrons. The van der Waals surface area contributed by atoms with Crippen molar-refractivity contribution in [3.8, 4) is 11.1 Å². The Morgan fingerprint density at radius 1 is 1.00 bits per heavy atom. The molecule has 0 spiro atoms. The average molecular weight is 455 g/mol. The van der Waals surface area contributed by atoms with Crippen molar-refractivity contribution in [2.75, 3.05) is 19.7 Å². The minimum absolute atomic E-state index is 0.0232. The van der Waals surface area contributed by atoms with E-state index in [2.05, 4.69) is 22.8 Å². The summed E-state index contributed by atoms with van der Waals surface area (Å²) < 4.78 is 5.50. The highest BCUT2D eigenvalue weighted by molar-refractivity contribution is 5.82. The molecule has 4 N–H and O–H groups in total. The lowest BCUT2D eigenvalue weighted by molar-refractivity contribution is -0.156. The summed E-state index contributed by atoms with van der Waals surface area (Å²) in [4.78, 5) is 35.9. The third-order valence-electron chi connectivity index (χ3n) is 6.02. The highest BCUT2D eigenvalue weighted by atomic mass is 16.5. The van der Waals surface area contributed by atoms with Gasteiger partial charge in [-0.3, -0.25) is 4.79 Å². The lowest BCUT2D eigenvalue weighted by atomic mass is 9.94. The summed E-state index contributed by atoms with van der Waals surface area (Å²) >= 11 is 0. The van der Waals surface area contributed by atoms with E-state index in [1.165, 1.54) is 0 Å². The largest absolute Gasteiger partial charge is 0.479 e. The van der Waals surface area contributed by atoms with Crippen molar-refractivity contribution in [1.29, 1.82) is 0 Å². The number of carboxylic acid groups (broad SMARTS) is 1. The highest BCUT2D eigenvalue weighted by Gasteiger charge is 2.32. The quantitative estimate of drug-likeness (QED) is 0.462. The molecular formula is C25H30N2O6. The first-order valence-electron chi connectivity index (χ1n) is 10.9. The van der Waals surface area contributed by atoms with Crippen LogP contribution in [-0.2, 0) is 14.3 Å². The van der Waals surface area contributed by atoms with E-state index < -0.39 is 36.0 Å². The van der Waals surface area contributed by atoms with Gasteiger partial charge in [-0.1, -0.05) is 62.4 Å². The fourth-order valence-electron chi connectivity index (χ4n) is 3.94. The first-order chi connectivity index (χ1) is 15.6. The molecule has 1 aliphatic carbocycles. The van der Waals surface area contributed by atoms with Gasteiger partial charge in [0.25, 0.3) is 0 Å². The van der Waals surface area contributed by atoms with Gasteiger partial charge >= 0.3 is 12.1 Å². The first-order valence-corrected chi connectivity index (χ1v) is 10.9. The lowest BCUT2D eigenvalue weighted by Crippen LogP contribution is -2.50. The van der Waals surface area contributed by atoms with Crippen LogP contribution in [0, 0.1) is 11.8 Å². The molecule has 0 fully saturated rings. The Balaban J connectivity index is 1.56. The number of aliphatic carboxylic acids is 1. The lowest BCUT2D eigenvalue weighted by Gasteiger charge is -2.24. The number of aliphatic hydroxyl groups is 1. The molecule has 0 aromatic heterocycles. The van der Waals surface area contributed by atoms with Crippen molar-refractivity contribution in [2.45, 2.75) is 32.3 Å². The second-order valence-corrected chi connectivity index (χ2v) is 8.85. The fraction of sp³-hybridized carbons (Fsp3) is 0.400. The number of hydrogen-bond donors (Lipinski definition) is 4. The molecule has 3 rings (SSSR count). The predicted octanol–water partition coefficient (Wildman–Crippen LogP) is 2.75. The SMILES string of the molecule is CC(C)C(CNC(=O)OCC1c2ccccc2-c2ccccc21)C(=O)NCC(C)(O)C(=O)O. The van der Waals surface area contributed by atoms with E-state index in [1.54, 1.807) is 0 Å². The third-order valence-corrected chi connectivity index (χ3v) is 6.02. The second kappa shape index (κ2) is 10.0. The molecule has 0 heterocycles. The minimum Gasteiger partial charge on any atom is -0.479 e. The van der Waals surface area contributed by atoms with Gasteiger partial charge in [-0.05, 0) is 35.1 Å². The topological polar surface area (TPSA) is 125 Å². The Morgan fingerprint density at radius 2 is 1.55 bits per heavy atom. The summed E-state index contributed by atoms with van der Waals surface area (Å²) in [6.45, 7) is 4.50. The minimum atomic E-state index is -2.07. The van der Waals surface area contributed by atoms with Crippen LogP contribution in [0.25, 0.3) is 11.1 Å². The highest BCUT2D eigenvalue weighted by Crippen LogP contribution is 2.44. The number of nitrogens with one attached hydrogen (secondary N) is 2. The third kappa shape index (κ3) is 5.51. The van der Waals surface area contributed by atoms with E-state index in [0.29, 0.717) is 0 Å². The van der Waals surface area contributed by atoms with Crippen LogP contribution in [0.15, 0.2) is 48.5 Å². The van der Waals surface area contributed by atoms with Crippen LogP contribution < -0.4 is 10.6 Å². The number of amides is 2. The summed E-state index contributed by atoms with van der Waals surface area (Å²) in [7, 11) is 0. The number of carboxylic acids is 1. The zero-order valence-electron chi connectivity index (χ0n) is 19.0. The molecule has 0 saturated carbocycles.